The number of fused-ring (bicyclic) bond motifs is 6. The van der Waals surface area contributed by atoms with Gasteiger partial charge in [-0.15, -0.1) is 0 Å². The van der Waals surface area contributed by atoms with E-state index in [2.05, 4.69) is 170 Å². The summed E-state index contributed by atoms with van der Waals surface area (Å²) in [5, 5.41) is 9.84. The van der Waals surface area contributed by atoms with Crippen LogP contribution >= 0.6 is 0 Å². The molecule has 0 aliphatic heterocycles. The molecule has 49 heavy (non-hydrogen) atoms. The molecule has 0 amide bonds. The molecular weight excluding hydrogens is 593 g/mol. The standard InChI is InChI=1S/C48H30O/c1-2-12-34-29-36(28-23-31(34)11-1)35-13-9-14-37(30-35)47-41-17-5-3-15-39(41)46(40-16-4-6-18-42(40)47)33-26-24-32(25-27-33)38-20-10-22-45-48(38)43-19-7-8-21-44(43)49-45/h1-30H. The maximum atomic E-state index is 6.20. The van der Waals surface area contributed by atoms with Crippen LogP contribution in [0, 0.1) is 0 Å². The Morgan fingerprint density at radius 2 is 0.796 bits per heavy atom. The number of hydrogen-bond donors (Lipinski definition) is 0. The molecule has 0 bridgehead atoms. The Balaban J connectivity index is 1.14. The summed E-state index contributed by atoms with van der Waals surface area (Å²) in [5.74, 6) is 0. The molecule has 10 aromatic rings. The fourth-order valence-corrected chi connectivity index (χ4v) is 7.81. The van der Waals surface area contributed by atoms with Crippen LogP contribution in [0.3, 0.4) is 0 Å². The summed E-state index contributed by atoms with van der Waals surface area (Å²) in [6, 6.07) is 65.8. The molecule has 10 rings (SSSR count). The molecule has 0 unspecified atom stereocenters. The zero-order valence-electron chi connectivity index (χ0n) is 26.7. The minimum absolute atomic E-state index is 0.917. The summed E-state index contributed by atoms with van der Waals surface area (Å²) in [6.45, 7) is 0. The van der Waals surface area contributed by atoms with Gasteiger partial charge < -0.3 is 4.42 Å². The van der Waals surface area contributed by atoms with Gasteiger partial charge in [-0.3, -0.25) is 0 Å². The lowest BCUT2D eigenvalue weighted by molar-refractivity contribution is 0.669. The normalized spacial score (nSPS) is 11.7. The Labute approximate surface area is 284 Å². The fourth-order valence-electron chi connectivity index (χ4n) is 7.81. The first-order valence-corrected chi connectivity index (χ1v) is 16.8. The van der Waals surface area contributed by atoms with E-state index >= 15 is 0 Å². The molecule has 228 valence electrons. The van der Waals surface area contributed by atoms with Crippen molar-refractivity contribution in [2.45, 2.75) is 0 Å². The van der Waals surface area contributed by atoms with Crippen molar-refractivity contribution in [1.82, 2.24) is 0 Å². The molecule has 0 spiro atoms. The molecule has 1 heteroatoms. The van der Waals surface area contributed by atoms with Gasteiger partial charge in [0.2, 0.25) is 0 Å². The molecule has 0 atom stereocenters. The van der Waals surface area contributed by atoms with Gasteiger partial charge in [0.25, 0.3) is 0 Å². The molecule has 0 saturated heterocycles. The van der Waals surface area contributed by atoms with E-state index in [1.54, 1.807) is 0 Å². The van der Waals surface area contributed by atoms with Crippen molar-refractivity contribution in [3.8, 4) is 44.5 Å². The third-order valence-electron chi connectivity index (χ3n) is 10.1. The smallest absolute Gasteiger partial charge is 0.136 e. The Morgan fingerprint density at radius 3 is 1.53 bits per heavy atom. The molecule has 0 saturated carbocycles. The molecule has 1 aromatic heterocycles. The molecular formula is C48H30O. The lowest BCUT2D eigenvalue weighted by Gasteiger charge is -2.18. The van der Waals surface area contributed by atoms with Gasteiger partial charge in [0, 0.05) is 10.8 Å². The average molecular weight is 623 g/mol. The van der Waals surface area contributed by atoms with E-state index < -0.39 is 0 Å². The van der Waals surface area contributed by atoms with Crippen LogP contribution in [0.25, 0.3) is 98.8 Å². The highest BCUT2D eigenvalue weighted by Crippen LogP contribution is 2.45. The topological polar surface area (TPSA) is 13.1 Å². The predicted octanol–water partition coefficient (Wildman–Crippen LogP) is 13.7. The molecule has 9 aromatic carbocycles. The van der Waals surface area contributed by atoms with E-state index in [0.29, 0.717) is 0 Å². The van der Waals surface area contributed by atoms with Crippen LogP contribution in [0.2, 0.25) is 0 Å². The summed E-state index contributed by atoms with van der Waals surface area (Å²) in [4.78, 5) is 0. The summed E-state index contributed by atoms with van der Waals surface area (Å²) >= 11 is 0. The lowest BCUT2D eigenvalue weighted by Crippen LogP contribution is -1.91. The van der Waals surface area contributed by atoms with Crippen molar-refractivity contribution in [2.24, 2.45) is 0 Å². The van der Waals surface area contributed by atoms with Crippen molar-refractivity contribution in [3.63, 3.8) is 0 Å². The Hall–Kier alpha value is -6.44. The Morgan fingerprint density at radius 1 is 0.286 bits per heavy atom. The van der Waals surface area contributed by atoms with Crippen LogP contribution in [0.1, 0.15) is 0 Å². The van der Waals surface area contributed by atoms with Crippen LogP contribution < -0.4 is 0 Å². The monoisotopic (exact) mass is 622 g/mol. The van der Waals surface area contributed by atoms with Crippen molar-refractivity contribution >= 4 is 54.3 Å². The summed E-state index contributed by atoms with van der Waals surface area (Å²) in [6.07, 6.45) is 0. The van der Waals surface area contributed by atoms with Gasteiger partial charge in [-0.05, 0) is 101 Å². The van der Waals surface area contributed by atoms with Gasteiger partial charge in [0.1, 0.15) is 11.2 Å². The number of hydrogen-bond acceptors (Lipinski definition) is 1. The minimum atomic E-state index is 0.917. The minimum Gasteiger partial charge on any atom is -0.456 e. The second kappa shape index (κ2) is 11.1. The molecule has 0 fully saturated rings. The molecule has 0 aliphatic rings. The van der Waals surface area contributed by atoms with E-state index in [9.17, 15) is 0 Å². The zero-order chi connectivity index (χ0) is 32.3. The van der Waals surface area contributed by atoms with Crippen molar-refractivity contribution in [3.05, 3.63) is 182 Å². The number of rotatable bonds is 4. The highest BCUT2D eigenvalue weighted by atomic mass is 16.3. The Kier molecular flexibility index (Phi) is 6.25. The van der Waals surface area contributed by atoms with Gasteiger partial charge in [-0.1, -0.05) is 158 Å². The van der Waals surface area contributed by atoms with Gasteiger partial charge in [0.15, 0.2) is 0 Å². The highest BCUT2D eigenvalue weighted by molar-refractivity contribution is 6.21. The molecule has 1 nitrogen and oxygen atoms in total. The van der Waals surface area contributed by atoms with Crippen molar-refractivity contribution in [2.75, 3.05) is 0 Å². The number of para-hydroxylation sites is 1. The molecule has 0 aliphatic carbocycles. The second-order valence-corrected chi connectivity index (χ2v) is 12.8. The van der Waals surface area contributed by atoms with Crippen LogP contribution in [-0.4, -0.2) is 0 Å². The second-order valence-electron chi connectivity index (χ2n) is 12.8. The predicted molar refractivity (Wildman–Crippen MR) is 208 cm³/mol. The Bertz CT molecular complexity index is 2810. The molecule has 0 N–H and O–H groups in total. The van der Waals surface area contributed by atoms with E-state index in [1.807, 2.05) is 12.1 Å². The number of furan rings is 1. The molecule has 1 heterocycles. The summed E-state index contributed by atoms with van der Waals surface area (Å²) in [5.41, 5.74) is 11.6. The fraction of sp³-hybridized carbons (Fsp3) is 0. The van der Waals surface area contributed by atoms with Gasteiger partial charge in [0.05, 0.1) is 0 Å². The van der Waals surface area contributed by atoms with Crippen LogP contribution in [0.4, 0.5) is 0 Å². The van der Waals surface area contributed by atoms with E-state index in [4.69, 9.17) is 4.42 Å². The van der Waals surface area contributed by atoms with Gasteiger partial charge >= 0.3 is 0 Å². The maximum absolute atomic E-state index is 6.20. The first-order chi connectivity index (χ1) is 24.3. The van der Waals surface area contributed by atoms with E-state index in [1.165, 1.54) is 76.8 Å². The van der Waals surface area contributed by atoms with Gasteiger partial charge in [-0.2, -0.15) is 0 Å². The third-order valence-corrected chi connectivity index (χ3v) is 10.1. The first-order valence-electron chi connectivity index (χ1n) is 16.8. The largest absolute Gasteiger partial charge is 0.456 e. The van der Waals surface area contributed by atoms with Crippen molar-refractivity contribution < 1.29 is 4.42 Å². The summed E-state index contributed by atoms with van der Waals surface area (Å²) < 4.78 is 6.20. The van der Waals surface area contributed by atoms with Crippen molar-refractivity contribution in [1.29, 1.82) is 0 Å². The van der Waals surface area contributed by atoms with Gasteiger partial charge in [-0.25, -0.2) is 0 Å². The lowest BCUT2D eigenvalue weighted by atomic mass is 9.85. The molecule has 0 radical (unpaired) electrons. The van der Waals surface area contributed by atoms with E-state index in [0.717, 1.165) is 21.9 Å². The van der Waals surface area contributed by atoms with E-state index in [-0.39, 0.29) is 0 Å². The zero-order valence-corrected chi connectivity index (χ0v) is 26.7. The SMILES string of the molecule is c1cc(-c2ccc3ccccc3c2)cc(-c2c3ccccc3c(-c3ccc(-c4cccc5oc6ccccc6c45)cc3)c3ccccc23)c1. The average Bonchev–Trinajstić information content (AvgIpc) is 3.56. The third kappa shape index (κ3) is 4.47. The van der Waals surface area contributed by atoms with Crippen LogP contribution in [0.15, 0.2) is 186 Å². The van der Waals surface area contributed by atoms with Crippen LogP contribution in [-0.2, 0) is 0 Å². The quantitative estimate of drug-likeness (QED) is 0.178. The maximum Gasteiger partial charge on any atom is 0.136 e. The number of benzene rings is 9. The first kappa shape index (κ1) is 27.7. The highest BCUT2D eigenvalue weighted by Gasteiger charge is 2.18. The van der Waals surface area contributed by atoms with Crippen LogP contribution in [0.5, 0.6) is 0 Å². The summed E-state index contributed by atoms with van der Waals surface area (Å²) in [7, 11) is 0.